The number of benzene rings is 1. The van der Waals surface area contributed by atoms with E-state index in [0.717, 1.165) is 16.8 Å². The van der Waals surface area contributed by atoms with Crippen molar-refractivity contribution in [3.8, 4) is 5.69 Å². The second-order valence-electron chi connectivity index (χ2n) is 6.01. The third kappa shape index (κ3) is 2.50. The van der Waals surface area contributed by atoms with E-state index >= 15 is 0 Å². The summed E-state index contributed by atoms with van der Waals surface area (Å²) < 4.78 is 7.03. The molecule has 1 N–H and O–H groups in total. The number of carbonyl (C=O) groups is 1. The van der Waals surface area contributed by atoms with Crippen LogP contribution in [0.3, 0.4) is 0 Å². The summed E-state index contributed by atoms with van der Waals surface area (Å²) >= 11 is 0. The number of aryl methyl sites for hydroxylation is 4. The normalized spacial score (nSPS) is 11.2. The van der Waals surface area contributed by atoms with E-state index in [1.807, 2.05) is 39.0 Å². The van der Waals surface area contributed by atoms with Crippen LogP contribution in [0.4, 0.5) is 0 Å². The molecule has 3 aromatic rings. The van der Waals surface area contributed by atoms with Crippen molar-refractivity contribution in [3.63, 3.8) is 0 Å². The number of hydrogen-bond donors (Lipinski definition) is 1. The van der Waals surface area contributed by atoms with Gasteiger partial charge in [0.05, 0.1) is 28.8 Å². The van der Waals surface area contributed by atoms with Crippen molar-refractivity contribution in [1.29, 1.82) is 0 Å². The summed E-state index contributed by atoms with van der Waals surface area (Å²) in [5.74, 6) is -1.07. The lowest BCUT2D eigenvalue weighted by molar-refractivity contribution is -0.136. The molecule has 0 bridgehead atoms. The van der Waals surface area contributed by atoms with Crippen LogP contribution in [0.25, 0.3) is 16.8 Å². The van der Waals surface area contributed by atoms with Crippen LogP contribution in [0.2, 0.25) is 0 Å². The SMILES string of the molecule is Cc1ccc(-n2nc(C)c3c(C)c(CC(=O)O)c(=O)oc32)cc1C. The van der Waals surface area contributed by atoms with Gasteiger partial charge < -0.3 is 9.52 Å². The topological polar surface area (TPSA) is 85.3 Å². The second-order valence-corrected chi connectivity index (χ2v) is 6.01. The van der Waals surface area contributed by atoms with Gasteiger partial charge in [0.1, 0.15) is 0 Å². The lowest BCUT2D eigenvalue weighted by Crippen LogP contribution is -2.15. The number of carboxylic acid groups (broad SMARTS) is 1. The van der Waals surface area contributed by atoms with Crippen LogP contribution in [-0.2, 0) is 11.2 Å². The molecule has 0 fully saturated rings. The molecule has 2 aromatic heterocycles. The standard InChI is InChI=1S/C18H18N2O4/c1-9-5-6-13(7-10(9)2)20-17-16(12(4)19-20)11(3)14(8-15(21)22)18(23)24-17/h5-7H,8H2,1-4H3,(H,21,22). The van der Waals surface area contributed by atoms with E-state index in [4.69, 9.17) is 9.52 Å². The average Bonchev–Trinajstić information content (AvgIpc) is 2.83. The summed E-state index contributed by atoms with van der Waals surface area (Å²) in [5, 5.41) is 14.2. The van der Waals surface area contributed by atoms with Gasteiger partial charge in [0, 0.05) is 0 Å². The Hall–Kier alpha value is -2.89. The van der Waals surface area contributed by atoms with Gasteiger partial charge in [-0.3, -0.25) is 4.79 Å². The van der Waals surface area contributed by atoms with Crippen LogP contribution in [0.1, 0.15) is 27.9 Å². The molecular weight excluding hydrogens is 308 g/mol. The molecule has 0 atom stereocenters. The van der Waals surface area contributed by atoms with Gasteiger partial charge in [0.2, 0.25) is 5.71 Å². The zero-order chi connectivity index (χ0) is 17.6. The lowest BCUT2D eigenvalue weighted by atomic mass is 10.0. The van der Waals surface area contributed by atoms with E-state index in [9.17, 15) is 9.59 Å². The molecule has 0 spiro atoms. The van der Waals surface area contributed by atoms with Crippen LogP contribution >= 0.6 is 0 Å². The smallest absolute Gasteiger partial charge is 0.341 e. The number of carboxylic acids is 1. The van der Waals surface area contributed by atoms with Gasteiger partial charge in [-0.1, -0.05) is 6.07 Å². The monoisotopic (exact) mass is 326 g/mol. The summed E-state index contributed by atoms with van der Waals surface area (Å²) in [6, 6.07) is 5.87. The van der Waals surface area contributed by atoms with Crippen molar-refractivity contribution in [2.24, 2.45) is 0 Å². The van der Waals surface area contributed by atoms with Gasteiger partial charge >= 0.3 is 11.6 Å². The zero-order valence-corrected chi connectivity index (χ0v) is 14.0. The summed E-state index contributed by atoms with van der Waals surface area (Å²) in [6.45, 7) is 7.58. The first-order valence-electron chi connectivity index (χ1n) is 7.61. The average molecular weight is 326 g/mol. The Bertz CT molecular complexity index is 1030. The second kappa shape index (κ2) is 5.63. The van der Waals surface area contributed by atoms with Crippen LogP contribution in [-0.4, -0.2) is 20.9 Å². The maximum absolute atomic E-state index is 12.2. The molecule has 0 amide bonds. The molecule has 0 radical (unpaired) electrons. The van der Waals surface area contributed by atoms with Crippen LogP contribution < -0.4 is 5.63 Å². The molecule has 2 heterocycles. The van der Waals surface area contributed by atoms with Crippen molar-refractivity contribution in [1.82, 2.24) is 9.78 Å². The zero-order valence-electron chi connectivity index (χ0n) is 14.0. The van der Waals surface area contributed by atoms with Crippen molar-refractivity contribution >= 4 is 17.1 Å². The van der Waals surface area contributed by atoms with Gasteiger partial charge in [-0.25, -0.2) is 4.79 Å². The molecule has 0 unspecified atom stereocenters. The van der Waals surface area contributed by atoms with Crippen LogP contribution in [0.5, 0.6) is 0 Å². The predicted molar refractivity (Wildman–Crippen MR) is 89.9 cm³/mol. The Morgan fingerprint density at radius 2 is 1.92 bits per heavy atom. The molecule has 0 saturated heterocycles. The Morgan fingerprint density at radius 3 is 2.54 bits per heavy atom. The molecule has 124 valence electrons. The number of rotatable bonds is 3. The third-order valence-corrected chi connectivity index (χ3v) is 4.34. The van der Waals surface area contributed by atoms with Gasteiger partial charge in [-0.05, 0) is 56.5 Å². The van der Waals surface area contributed by atoms with Gasteiger partial charge in [0.15, 0.2) is 0 Å². The molecule has 0 aliphatic rings. The van der Waals surface area contributed by atoms with Crippen molar-refractivity contribution < 1.29 is 14.3 Å². The van der Waals surface area contributed by atoms with E-state index in [-0.39, 0.29) is 12.0 Å². The first kappa shape index (κ1) is 16.0. The van der Waals surface area contributed by atoms with Gasteiger partial charge in [-0.2, -0.15) is 9.78 Å². The van der Waals surface area contributed by atoms with Crippen LogP contribution in [0, 0.1) is 27.7 Å². The fraction of sp³-hybridized carbons (Fsp3) is 0.278. The van der Waals surface area contributed by atoms with E-state index < -0.39 is 11.6 Å². The highest BCUT2D eigenvalue weighted by Gasteiger charge is 2.20. The maximum Gasteiger partial charge on any atom is 0.341 e. The minimum absolute atomic E-state index is 0.165. The summed E-state index contributed by atoms with van der Waals surface area (Å²) in [4.78, 5) is 23.2. The van der Waals surface area contributed by atoms with E-state index in [2.05, 4.69) is 5.10 Å². The van der Waals surface area contributed by atoms with Gasteiger partial charge in [-0.15, -0.1) is 0 Å². The number of nitrogens with zero attached hydrogens (tertiary/aromatic N) is 2. The number of hydrogen-bond acceptors (Lipinski definition) is 4. The van der Waals surface area contributed by atoms with E-state index in [0.29, 0.717) is 22.4 Å². The highest BCUT2D eigenvalue weighted by Crippen LogP contribution is 2.26. The lowest BCUT2D eigenvalue weighted by Gasteiger charge is -2.07. The fourth-order valence-electron chi connectivity index (χ4n) is 2.87. The first-order valence-corrected chi connectivity index (χ1v) is 7.61. The highest BCUT2D eigenvalue weighted by molar-refractivity contribution is 5.84. The van der Waals surface area contributed by atoms with Gasteiger partial charge in [0.25, 0.3) is 0 Å². The summed E-state index contributed by atoms with van der Waals surface area (Å²) in [7, 11) is 0. The first-order chi connectivity index (χ1) is 11.3. The highest BCUT2D eigenvalue weighted by atomic mass is 16.4. The third-order valence-electron chi connectivity index (χ3n) is 4.34. The number of aliphatic carboxylic acids is 1. The molecule has 3 rings (SSSR count). The number of aromatic nitrogens is 2. The fourth-order valence-corrected chi connectivity index (χ4v) is 2.87. The number of fused-ring (bicyclic) bond motifs is 1. The molecule has 0 saturated carbocycles. The molecule has 0 aliphatic carbocycles. The van der Waals surface area contributed by atoms with Crippen LogP contribution in [0.15, 0.2) is 27.4 Å². The minimum Gasteiger partial charge on any atom is -0.481 e. The predicted octanol–water partition coefficient (Wildman–Crippen LogP) is 2.84. The molecule has 6 heteroatoms. The van der Waals surface area contributed by atoms with E-state index in [1.54, 1.807) is 11.6 Å². The summed E-state index contributed by atoms with van der Waals surface area (Å²) in [5.41, 5.74) is 4.23. The van der Waals surface area contributed by atoms with Crippen molar-refractivity contribution in [2.45, 2.75) is 34.1 Å². The Morgan fingerprint density at radius 1 is 1.21 bits per heavy atom. The minimum atomic E-state index is -1.07. The van der Waals surface area contributed by atoms with Crippen molar-refractivity contribution in [3.05, 3.63) is 56.6 Å². The maximum atomic E-state index is 12.2. The quantitative estimate of drug-likeness (QED) is 0.800. The Balaban J connectivity index is 2.31. The Kier molecular flexibility index (Phi) is 3.75. The molecule has 1 aromatic carbocycles. The largest absolute Gasteiger partial charge is 0.481 e. The molecule has 6 nitrogen and oxygen atoms in total. The molecule has 24 heavy (non-hydrogen) atoms. The molecular formula is C18H18N2O4. The summed E-state index contributed by atoms with van der Waals surface area (Å²) in [6.07, 6.45) is -0.363. The van der Waals surface area contributed by atoms with Crippen molar-refractivity contribution in [2.75, 3.05) is 0 Å². The molecule has 0 aliphatic heterocycles. The Labute approximate surface area is 138 Å². The van der Waals surface area contributed by atoms with E-state index in [1.165, 1.54) is 0 Å².